The number of carbonyl (C=O) groups is 1. The van der Waals surface area contributed by atoms with E-state index in [1.807, 2.05) is 0 Å². The van der Waals surface area contributed by atoms with E-state index in [-0.39, 0.29) is 63.8 Å². The largest absolute Gasteiger partial charge is 0.496 e. The van der Waals surface area contributed by atoms with Gasteiger partial charge in [-0.1, -0.05) is 50.2 Å². The van der Waals surface area contributed by atoms with Crippen molar-refractivity contribution in [3.8, 4) is 23.1 Å². The van der Waals surface area contributed by atoms with Gasteiger partial charge in [0.05, 0.1) is 41.4 Å². The summed E-state index contributed by atoms with van der Waals surface area (Å²) < 4.78 is 63.3. The number of fused-ring (bicyclic) bond motifs is 1. The van der Waals surface area contributed by atoms with Crippen LogP contribution in [0, 0.1) is 27.3 Å². The molecule has 0 bridgehead atoms. The molecule has 3 aromatic carbocycles. The molecule has 20 heteroatoms. The molecule has 5 aliphatic rings. The van der Waals surface area contributed by atoms with Crippen LogP contribution >= 0.6 is 0 Å². The van der Waals surface area contributed by atoms with E-state index in [4.69, 9.17) is 14.2 Å². The number of nitrogens with one attached hydrogen (secondary N) is 3. The van der Waals surface area contributed by atoms with Crippen molar-refractivity contribution in [2.75, 3.05) is 56.7 Å². The highest BCUT2D eigenvalue weighted by Crippen LogP contribution is 2.54. The number of aromatic nitrogens is 3. The van der Waals surface area contributed by atoms with Gasteiger partial charge in [0.15, 0.2) is 5.75 Å². The maximum absolute atomic E-state index is 15.1. The van der Waals surface area contributed by atoms with Crippen LogP contribution in [0.5, 0.6) is 23.1 Å². The van der Waals surface area contributed by atoms with Crippen molar-refractivity contribution >= 4 is 44.2 Å². The van der Waals surface area contributed by atoms with Gasteiger partial charge in [-0.2, -0.15) is 4.98 Å². The molecule has 82 heavy (non-hydrogen) atoms. The molecule has 3 aliphatic carbocycles. The number of sulfonamides is 1. The highest BCUT2D eigenvalue weighted by Gasteiger charge is 2.51. The Hall–Kier alpha value is -6.87. The van der Waals surface area contributed by atoms with E-state index >= 15 is 4.39 Å². The minimum Gasteiger partial charge on any atom is -0.496 e. The average molecular weight is 1140 g/mol. The first kappa shape index (κ1) is 57.0. The number of hydrogen-bond acceptors (Lipinski definition) is 15. The van der Waals surface area contributed by atoms with E-state index in [0.29, 0.717) is 56.1 Å². The molecule has 1 unspecified atom stereocenters. The van der Waals surface area contributed by atoms with Crippen LogP contribution in [0.2, 0.25) is 0 Å². The van der Waals surface area contributed by atoms with Crippen molar-refractivity contribution in [2.45, 2.75) is 146 Å². The summed E-state index contributed by atoms with van der Waals surface area (Å²) in [5, 5.41) is 25.8. The maximum Gasteiger partial charge on any atom is 0.312 e. The van der Waals surface area contributed by atoms with Gasteiger partial charge < -0.3 is 34.5 Å². The fraction of sp³-hybridized carbons (Fsp3) is 0.500. The molecular formula is C62H76FN9O9S. The third kappa shape index (κ3) is 12.0. The Labute approximate surface area is 479 Å². The fourth-order valence-corrected chi connectivity index (χ4v) is 14.1. The van der Waals surface area contributed by atoms with Crippen molar-refractivity contribution in [1.82, 2.24) is 29.5 Å². The van der Waals surface area contributed by atoms with Crippen molar-refractivity contribution < 1.29 is 41.8 Å². The number of piperazine rings is 1. The third-order valence-corrected chi connectivity index (χ3v) is 19.5. The number of amides is 1. The lowest BCUT2D eigenvalue weighted by atomic mass is 9.59. The Balaban J connectivity index is 0.811. The van der Waals surface area contributed by atoms with E-state index < -0.39 is 42.9 Å². The Kier molecular flexibility index (Phi) is 16.0. The van der Waals surface area contributed by atoms with Crippen LogP contribution in [0.15, 0.2) is 90.1 Å². The number of aromatic amines is 1. The zero-order chi connectivity index (χ0) is 57.7. The van der Waals surface area contributed by atoms with Crippen LogP contribution in [0.25, 0.3) is 11.0 Å². The number of halogens is 1. The number of piperidine rings is 1. The monoisotopic (exact) mass is 1140 g/mol. The molecule has 6 aromatic rings. The number of hydrogen-bond donors (Lipinski definition) is 4. The van der Waals surface area contributed by atoms with E-state index in [0.717, 1.165) is 82.1 Å². The van der Waals surface area contributed by atoms with Gasteiger partial charge in [0, 0.05) is 87.5 Å². The summed E-state index contributed by atoms with van der Waals surface area (Å²) in [5.41, 5.74) is 5.00. The highest BCUT2D eigenvalue weighted by molar-refractivity contribution is 7.90. The van der Waals surface area contributed by atoms with Gasteiger partial charge in [0.2, 0.25) is 5.82 Å². The topological polar surface area (TPSA) is 218 Å². The van der Waals surface area contributed by atoms with Crippen LogP contribution in [0.4, 0.5) is 21.6 Å². The Morgan fingerprint density at radius 2 is 1.72 bits per heavy atom. The van der Waals surface area contributed by atoms with Gasteiger partial charge in [-0.3, -0.25) is 24.7 Å². The number of pyridine rings is 2. The fourth-order valence-electron chi connectivity index (χ4n) is 13.2. The Bertz CT molecular complexity index is 3450. The lowest BCUT2D eigenvalue weighted by Gasteiger charge is -2.59. The predicted octanol–water partition coefficient (Wildman–Crippen LogP) is 11.4. The van der Waals surface area contributed by atoms with Crippen LogP contribution in [-0.2, 0) is 16.6 Å². The summed E-state index contributed by atoms with van der Waals surface area (Å²) in [6.07, 6.45) is 11.3. The Morgan fingerprint density at radius 3 is 2.43 bits per heavy atom. The SMILES string of the molecule is CCOc1nc2[nH]cc(F)c2cc1Oc1cc(N2CCC3(CC2)CC(N2C[C@H](C)N(Cc4ccc(C5CC5)c(OC)c4)CC2c2ccccc2C(C)C)C3)ccc1C(=O)NS(=O)(=O)c1cnc(NCC2CCC(C)(O)CC2)c([N+](=O)[O-])c1. The van der Waals surface area contributed by atoms with E-state index in [2.05, 4.69) is 103 Å². The molecule has 18 nitrogen and oxygen atoms in total. The van der Waals surface area contributed by atoms with Gasteiger partial charge in [0.1, 0.15) is 27.9 Å². The normalized spacial score (nSPS) is 22.5. The van der Waals surface area contributed by atoms with Crippen molar-refractivity contribution in [3.63, 3.8) is 0 Å². The van der Waals surface area contributed by atoms with Gasteiger partial charge in [-0.15, -0.1) is 0 Å². The molecule has 5 heterocycles. The molecule has 2 aliphatic heterocycles. The number of methoxy groups -OCH3 is 1. The molecule has 5 fully saturated rings. The van der Waals surface area contributed by atoms with Crippen molar-refractivity contribution in [3.05, 3.63) is 129 Å². The summed E-state index contributed by atoms with van der Waals surface area (Å²) in [6.45, 7) is 15.2. The second kappa shape index (κ2) is 23.1. The minimum atomic E-state index is -4.75. The first-order chi connectivity index (χ1) is 39.3. The number of nitrogens with zero attached hydrogens (tertiary/aromatic N) is 6. The quantitative estimate of drug-likeness (QED) is 0.0438. The molecule has 1 amide bonds. The number of aliphatic hydroxyl groups is 1. The highest BCUT2D eigenvalue weighted by atomic mass is 32.2. The average Bonchev–Trinajstić information content (AvgIpc) is 3.80. The van der Waals surface area contributed by atoms with Crippen molar-refractivity contribution in [1.29, 1.82) is 0 Å². The van der Waals surface area contributed by atoms with Gasteiger partial charge in [-0.25, -0.2) is 22.5 Å². The molecule has 4 N–H and O–H groups in total. The molecular weight excluding hydrogens is 1070 g/mol. The number of rotatable bonds is 19. The summed E-state index contributed by atoms with van der Waals surface area (Å²) in [7, 11) is -2.97. The Morgan fingerprint density at radius 1 is 0.963 bits per heavy atom. The molecule has 2 atom stereocenters. The molecule has 1 spiro atoms. The zero-order valence-corrected chi connectivity index (χ0v) is 48.6. The first-order valence-corrected chi connectivity index (χ1v) is 30.6. The standard InChI is InChI=1S/C62H76FN9O9S/c1-7-80-60-56(29-50-51(63)34-66-57(50)67-60)81-55-27-43(15-17-49(55)59(73)68-82(77,78)45-28-52(72(75)76)58(65-33-45)64-32-40-18-20-61(5,74)21-19-40)69-24-22-62(23-25-69)30-44(31-62)71-35-39(4)70(37-53(71)48-11-9-8-10-46(48)38(2)3)36-41-12-16-47(42-13-14-42)54(26-41)79-6/h8-12,15-17,26-29,33-34,38-40,42,44,53,74H,7,13-14,18-25,30-32,35-37H2,1-6H3,(H,64,65)(H,66,67)(H,68,73)/t39-,40?,53?,61?/m0/s1. The molecule has 2 saturated heterocycles. The third-order valence-electron chi connectivity index (χ3n) is 18.2. The van der Waals surface area contributed by atoms with Crippen LogP contribution in [-0.4, -0.2) is 113 Å². The predicted molar refractivity (Wildman–Crippen MR) is 312 cm³/mol. The van der Waals surface area contributed by atoms with E-state index in [9.17, 15) is 28.4 Å². The summed E-state index contributed by atoms with van der Waals surface area (Å²) >= 11 is 0. The summed E-state index contributed by atoms with van der Waals surface area (Å²) in [4.78, 5) is 44.4. The van der Waals surface area contributed by atoms with Crippen LogP contribution in [0.3, 0.4) is 0 Å². The first-order valence-electron chi connectivity index (χ1n) is 29.1. The maximum atomic E-state index is 15.1. The second-order valence-electron chi connectivity index (χ2n) is 24.3. The van der Waals surface area contributed by atoms with Gasteiger partial charge in [-0.05, 0) is 149 Å². The number of carbonyl (C=O) groups excluding carboxylic acids is 1. The second-order valence-corrected chi connectivity index (χ2v) is 25.9. The van der Waals surface area contributed by atoms with Crippen LogP contribution in [0.1, 0.15) is 149 Å². The molecule has 11 rings (SSSR count). The van der Waals surface area contributed by atoms with Crippen LogP contribution < -0.4 is 29.1 Å². The number of H-pyrrole nitrogens is 1. The molecule has 436 valence electrons. The lowest BCUT2D eigenvalue weighted by molar-refractivity contribution is -0.384. The van der Waals surface area contributed by atoms with Gasteiger partial charge in [0.25, 0.3) is 21.8 Å². The summed E-state index contributed by atoms with van der Waals surface area (Å²) in [5.74, 6) is 0.324. The smallest absolute Gasteiger partial charge is 0.312 e. The number of ether oxygens (including phenoxy) is 3. The zero-order valence-electron chi connectivity index (χ0n) is 47.8. The molecule has 0 radical (unpaired) electrons. The van der Waals surface area contributed by atoms with Gasteiger partial charge >= 0.3 is 5.69 Å². The number of benzene rings is 3. The lowest BCUT2D eigenvalue weighted by Crippen LogP contribution is -2.61. The summed E-state index contributed by atoms with van der Waals surface area (Å²) in [6, 6.07) is 24.0. The van der Waals surface area contributed by atoms with E-state index in [1.165, 1.54) is 53.4 Å². The number of anilines is 2. The van der Waals surface area contributed by atoms with Crippen molar-refractivity contribution in [2.24, 2.45) is 11.3 Å². The molecule has 3 aromatic heterocycles. The minimum absolute atomic E-state index is 0.00577. The van der Waals surface area contributed by atoms with E-state index in [1.54, 1.807) is 33.1 Å². The number of nitro groups is 1. The molecule has 3 saturated carbocycles.